The third-order valence-corrected chi connectivity index (χ3v) is 2.42. The molecule has 4 heteroatoms. The zero-order chi connectivity index (χ0) is 12.3. The molecule has 2 rings (SSSR count). The average molecular weight is 234 g/mol. The molecule has 1 heterocycles. The molecule has 0 aliphatic heterocycles. The number of nitrogens with zero attached hydrogens (tertiary/aromatic N) is 1. The number of benzene rings is 1. The maximum atomic E-state index is 13.3. The molecule has 1 N–H and O–H groups in total. The topological polar surface area (TPSA) is 24.9 Å². The van der Waals surface area contributed by atoms with E-state index in [2.05, 4.69) is 10.3 Å². The van der Waals surface area contributed by atoms with Crippen LogP contribution < -0.4 is 5.32 Å². The highest BCUT2D eigenvalue weighted by Crippen LogP contribution is 2.14. The van der Waals surface area contributed by atoms with Crippen molar-refractivity contribution < 1.29 is 8.78 Å². The van der Waals surface area contributed by atoms with Crippen molar-refractivity contribution >= 4 is 5.82 Å². The molecule has 0 aliphatic carbocycles. The van der Waals surface area contributed by atoms with E-state index in [1.165, 1.54) is 18.2 Å². The quantitative estimate of drug-likeness (QED) is 0.881. The Hall–Kier alpha value is -1.97. The molecule has 0 aliphatic rings. The zero-order valence-corrected chi connectivity index (χ0v) is 9.37. The fraction of sp³-hybridized carbons (Fsp3) is 0.154. The molecule has 0 saturated carbocycles. The number of hydrogen-bond acceptors (Lipinski definition) is 2. The summed E-state index contributed by atoms with van der Waals surface area (Å²) in [6.07, 6.45) is 1.69. The summed E-state index contributed by atoms with van der Waals surface area (Å²) >= 11 is 0. The van der Waals surface area contributed by atoms with Gasteiger partial charge in [-0.05, 0) is 30.7 Å². The largest absolute Gasteiger partial charge is 0.366 e. The smallest absolute Gasteiger partial charge is 0.131 e. The van der Waals surface area contributed by atoms with Crippen molar-refractivity contribution in [1.29, 1.82) is 0 Å². The molecule has 0 saturated heterocycles. The number of hydrogen-bond donors (Lipinski definition) is 1. The first-order chi connectivity index (χ1) is 8.16. The molecule has 2 aromatic rings. The highest BCUT2D eigenvalue weighted by atomic mass is 19.1. The molecule has 0 amide bonds. The summed E-state index contributed by atoms with van der Waals surface area (Å²) in [6.45, 7) is 2.00. The summed E-state index contributed by atoms with van der Waals surface area (Å²) in [4.78, 5) is 4.10. The van der Waals surface area contributed by atoms with Crippen LogP contribution in [0.2, 0.25) is 0 Å². The Labute approximate surface area is 98.3 Å². The van der Waals surface area contributed by atoms with Crippen LogP contribution in [0.4, 0.5) is 14.6 Å². The molecule has 88 valence electrons. The predicted octanol–water partition coefficient (Wildman–Crippen LogP) is 3.28. The van der Waals surface area contributed by atoms with Crippen molar-refractivity contribution in [3.8, 4) is 0 Å². The highest BCUT2D eigenvalue weighted by molar-refractivity contribution is 5.36. The summed E-state index contributed by atoms with van der Waals surface area (Å²) < 4.78 is 26.6. The third-order valence-electron chi connectivity index (χ3n) is 2.42. The number of halogens is 2. The second-order valence-corrected chi connectivity index (χ2v) is 3.77. The van der Waals surface area contributed by atoms with Gasteiger partial charge in [0.25, 0.3) is 0 Å². The molecule has 0 spiro atoms. The van der Waals surface area contributed by atoms with Gasteiger partial charge in [0.2, 0.25) is 0 Å². The zero-order valence-electron chi connectivity index (χ0n) is 9.37. The Morgan fingerprint density at radius 1 is 1.12 bits per heavy atom. The lowest BCUT2D eigenvalue weighted by atomic mass is 10.2. The number of anilines is 1. The third kappa shape index (κ3) is 2.78. The second-order valence-electron chi connectivity index (χ2n) is 3.77. The molecule has 0 radical (unpaired) electrons. The molecular weight excluding hydrogens is 222 g/mol. The van der Waals surface area contributed by atoms with E-state index in [1.54, 1.807) is 12.3 Å². The number of rotatable bonds is 3. The van der Waals surface area contributed by atoms with Gasteiger partial charge in [0, 0.05) is 18.3 Å². The number of aryl methyl sites for hydroxylation is 1. The van der Waals surface area contributed by atoms with E-state index < -0.39 is 11.6 Å². The van der Waals surface area contributed by atoms with E-state index >= 15 is 0 Å². The monoisotopic (exact) mass is 234 g/mol. The van der Waals surface area contributed by atoms with E-state index in [4.69, 9.17) is 0 Å². The Bertz CT molecular complexity index is 489. The van der Waals surface area contributed by atoms with Gasteiger partial charge < -0.3 is 5.32 Å². The van der Waals surface area contributed by atoms with Crippen molar-refractivity contribution in [1.82, 2.24) is 4.98 Å². The van der Waals surface area contributed by atoms with Gasteiger partial charge in [-0.1, -0.05) is 12.1 Å². The minimum absolute atomic E-state index is 0.0230. The van der Waals surface area contributed by atoms with E-state index in [0.29, 0.717) is 5.82 Å². The molecule has 0 atom stereocenters. The van der Waals surface area contributed by atoms with E-state index in [-0.39, 0.29) is 12.1 Å². The van der Waals surface area contributed by atoms with Crippen LogP contribution >= 0.6 is 0 Å². The van der Waals surface area contributed by atoms with Crippen LogP contribution in [0, 0.1) is 18.6 Å². The molecule has 17 heavy (non-hydrogen) atoms. The van der Waals surface area contributed by atoms with Gasteiger partial charge in [0.15, 0.2) is 0 Å². The van der Waals surface area contributed by atoms with Crippen molar-refractivity contribution in [3.05, 3.63) is 59.3 Å². The fourth-order valence-electron chi connectivity index (χ4n) is 1.45. The highest BCUT2D eigenvalue weighted by Gasteiger charge is 2.07. The van der Waals surface area contributed by atoms with Crippen LogP contribution in [0.25, 0.3) is 0 Å². The Kier molecular flexibility index (Phi) is 3.32. The van der Waals surface area contributed by atoms with E-state index in [0.717, 1.165) is 5.56 Å². The van der Waals surface area contributed by atoms with E-state index in [9.17, 15) is 8.78 Å². The van der Waals surface area contributed by atoms with Crippen molar-refractivity contribution in [2.45, 2.75) is 13.5 Å². The van der Waals surface area contributed by atoms with Gasteiger partial charge in [-0.2, -0.15) is 0 Å². The lowest BCUT2D eigenvalue weighted by Gasteiger charge is -2.07. The van der Waals surface area contributed by atoms with Crippen molar-refractivity contribution in [3.63, 3.8) is 0 Å². The fourth-order valence-corrected chi connectivity index (χ4v) is 1.45. The van der Waals surface area contributed by atoms with Crippen molar-refractivity contribution in [2.24, 2.45) is 0 Å². The van der Waals surface area contributed by atoms with Crippen LogP contribution in [0.3, 0.4) is 0 Å². The van der Waals surface area contributed by atoms with Gasteiger partial charge in [0.05, 0.1) is 0 Å². The van der Waals surface area contributed by atoms with Crippen LogP contribution in [0.5, 0.6) is 0 Å². The SMILES string of the molecule is Cc1ccc(NCc2c(F)cccc2F)nc1. The summed E-state index contributed by atoms with van der Waals surface area (Å²) in [5, 5.41) is 2.88. The number of nitrogens with one attached hydrogen (secondary N) is 1. The van der Waals surface area contributed by atoms with Gasteiger partial charge in [0.1, 0.15) is 17.5 Å². The minimum atomic E-state index is -0.551. The van der Waals surface area contributed by atoms with Gasteiger partial charge in [-0.25, -0.2) is 13.8 Å². The van der Waals surface area contributed by atoms with Gasteiger partial charge in [-0.15, -0.1) is 0 Å². The molecule has 0 unspecified atom stereocenters. The lowest BCUT2D eigenvalue weighted by molar-refractivity contribution is 0.560. The standard InChI is InChI=1S/C13H12F2N2/c1-9-5-6-13(16-7-9)17-8-10-11(14)3-2-4-12(10)15/h2-7H,8H2,1H3,(H,16,17). The number of aromatic nitrogens is 1. The molecule has 0 fully saturated rings. The molecule has 1 aromatic carbocycles. The first kappa shape index (κ1) is 11.5. The Morgan fingerprint density at radius 3 is 2.41 bits per heavy atom. The van der Waals surface area contributed by atoms with Crippen LogP contribution in [0.1, 0.15) is 11.1 Å². The normalized spacial score (nSPS) is 10.3. The molecular formula is C13H12F2N2. The summed E-state index contributed by atoms with van der Waals surface area (Å²) in [5.74, 6) is -0.507. The maximum Gasteiger partial charge on any atom is 0.131 e. The summed E-state index contributed by atoms with van der Waals surface area (Å²) in [6, 6.07) is 7.48. The molecule has 2 nitrogen and oxygen atoms in total. The first-order valence-electron chi connectivity index (χ1n) is 5.26. The lowest BCUT2D eigenvalue weighted by Crippen LogP contribution is -2.05. The molecule has 1 aromatic heterocycles. The van der Waals surface area contributed by atoms with Crippen LogP contribution in [0.15, 0.2) is 36.5 Å². The summed E-state index contributed by atoms with van der Waals surface area (Å²) in [7, 11) is 0. The maximum absolute atomic E-state index is 13.3. The van der Waals surface area contributed by atoms with Gasteiger partial charge >= 0.3 is 0 Å². The van der Waals surface area contributed by atoms with Crippen LogP contribution in [-0.2, 0) is 6.54 Å². The van der Waals surface area contributed by atoms with Gasteiger partial charge in [-0.3, -0.25) is 0 Å². The van der Waals surface area contributed by atoms with E-state index in [1.807, 2.05) is 13.0 Å². The average Bonchev–Trinajstić information content (AvgIpc) is 2.31. The predicted molar refractivity (Wildman–Crippen MR) is 62.7 cm³/mol. The molecule has 0 bridgehead atoms. The first-order valence-corrected chi connectivity index (χ1v) is 5.26. The second kappa shape index (κ2) is 4.91. The summed E-state index contributed by atoms with van der Waals surface area (Å²) in [5.41, 5.74) is 1.06. The van der Waals surface area contributed by atoms with Crippen LogP contribution in [-0.4, -0.2) is 4.98 Å². The number of pyridine rings is 1. The Morgan fingerprint density at radius 2 is 1.82 bits per heavy atom. The van der Waals surface area contributed by atoms with Crippen molar-refractivity contribution in [2.75, 3.05) is 5.32 Å². The minimum Gasteiger partial charge on any atom is -0.366 e. The Balaban J connectivity index is 2.10.